The predicted molar refractivity (Wildman–Crippen MR) is 94.2 cm³/mol. The van der Waals surface area contributed by atoms with Crippen molar-refractivity contribution in [3.8, 4) is 0 Å². The van der Waals surface area contributed by atoms with Crippen molar-refractivity contribution in [2.45, 2.75) is 65.0 Å². The number of hydrogen-bond donors (Lipinski definition) is 0. The first-order valence-electron chi connectivity index (χ1n) is 9.13. The van der Waals surface area contributed by atoms with Crippen molar-refractivity contribution >= 4 is 6.09 Å². The molecule has 0 unspecified atom stereocenters. The zero-order chi connectivity index (χ0) is 20.0. The molecule has 150 valence electrons. The van der Waals surface area contributed by atoms with Crippen molar-refractivity contribution in [3.63, 3.8) is 0 Å². The molecule has 1 amide bonds. The Morgan fingerprint density at radius 2 is 1.85 bits per heavy atom. The Morgan fingerprint density at radius 1 is 1.22 bits per heavy atom. The maximum Gasteiger partial charge on any atom is 0.416 e. The summed E-state index contributed by atoms with van der Waals surface area (Å²) in [5.41, 5.74) is -0.288. The quantitative estimate of drug-likeness (QED) is 0.741. The number of amides is 1. The van der Waals surface area contributed by atoms with Gasteiger partial charge in [-0.2, -0.15) is 13.2 Å². The summed E-state index contributed by atoms with van der Waals surface area (Å²) >= 11 is 0. The monoisotopic (exact) mass is 385 g/mol. The average molecular weight is 385 g/mol. The molecule has 0 aromatic heterocycles. The van der Waals surface area contributed by atoms with E-state index in [1.165, 1.54) is 13.0 Å². The lowest BCUT2D eigenvalue weighted by Gasteiger charge is -2.58. The summed E-state index contributed by atoms with van der Waals surface area (Å²) in [6, 6.07) is 4.32. The van der Waals surface area contributed by atoms with Crippen LogP contribution in [0, 0.1) is 12.3 Å². The SMILES string of the molecule is Cc1ccc(COC2CC3(C2)CN(C(=O)OC(C)(C)C)C3)cc1C(F)(F)F. The molecule has 4 nitrogen and oxygen atoms in total. The van der Waals surface area contributed by atoms with Crippen LogP contribution in [0.1, 0.15) is 50.3 Å². The first-order valence-corrected chi connectivity index (χ1v) is 9.13. The topological polar surface area (TPSA) is 38.8 Å². The van der Waals surface area contributed by atoms with Crippen LogP contribution in [-0.2, 0) is 22.3 Å². The van der Waals surface area contributed by atoms with E-state index in [1.807, 2.05) is 20.8 Å². The molecular weight excluding hydrogens is 359 g/mol. The van der Waals surface area contributed by atoms with Gasteiger partial charge in [0.15, 0.2) is 0 Å². The minimum atomic E-state index is -4.35. The number of nitrogens with zero attached hydrogens (tertiary/aromatic N) is 1. The molecule has 1 saturated carbocycles. The molecule has 27 heavy (non-hydrogen) atoms. The van der Waals surface area contributed by atoms with E-state index in [0.29, 0.717) is 18.7 Å². The Labute approximate surface area is 157 Å². The van der Waals surface area contributed by atoms with Gasteiger partial charge in [0, 0.05) is 18.5 Å². The molecule has 3 rings (SSSR count). The summed E-state index contributed by atoms with van der Waals surface area (Å²) < 4.78 is 50.1. The maximum atomic E-state index is 13.0. The fourth-order valence-corrected chi connectivity index (χ4v) is 3.78. The van der Waals surface area contributed by atoms with Gasteiger partial charge in [-0.05, 0) is 57.7 Å². The summed E-state index contributed by atoms with van der Waals surface area (Å²) in [7, 11) is 0. The van der Waals surface area contributed by atoms with Gasteiger partial charge in [0.2, 0.25) is 0 Å². The predicted octanol–water partition coefficient (Wildman–Crippen LogP) is 4.93. The van der Waals surface area contributed by atoms with E-state index in [-0.39, 0.29) is 29.8 Å². The van der Waals surface area contributed by atoms with Gasteiger partial charge in [0.1, 0.15) is 5.60 Å². The van der Waals surface area contributed by atoms with Gasteiger partial charge in [-0.3, -0.25) is 0 Å². The number of halogens is 3. The van der Waals surface area contributed by atoms with Crippen LogP contribution >= 0.6 is 0 Å². The highest BCUT2D eigenvalue weighted by Crippen LogP contribution is 2.50. The number of likely N-dealkylation sites (tertiary alicyclic amines) is 1. The number of benzene rings is 1. The third-order valence-electron chi connectivity index (χ3n) is 5.12. The van der Waals surface area contributed by atoms with Gasteiger partial charge >= 0.3 is 12.3 Å². The zero-order valence-corrected chi connectivity index (χ0v) is 16.2. The second kappa shape index (κ2) is 6.69. The largest absolute Gasteiger partial charge is 0.444 e. The van der Waals surface area contributed by atoms with Gasteiger partial charge in [-0.25, -0.2) is 4.79 Å². The zero-order valence-electron chi connectivity index (χ0n) is 16.2. The second-order valence-electron chi connectivity index (χ2n) is 8.82. The van der Waals surface area contributed by atoms with Gasteiger partial charge in [0.05, 0.1) is 18.3 Å². The fraction of sp³-hybridized carbons (Fsp3) is 0.650. The highest BCUT2D eigenvalue weighted by molar-refractivity contribution is 5.69. The minimum Gasteiger partial charge on any atom is -0.444 e. The number of aryl methyl sites for hydroxylation is 1. The van der Waals surface area contributed by atoms with E-state index in [0.717, 1.165) is 18.9 Å². The Hall–Kier alpha value is -1.76. The average Bonchev–Trinajstić information content (AvgIpc) is 2.42. The number of alkyl halides is 3. The molecule has 1 aromatic carbocycles. The van der Waals surface area contributed by atoms with E-state index in [2.05, 4.69) is 0 Å². The third kappa shape index (κ3) is 4.57. The van der Waals surface area contributed by atoms with Crippen molar-refractivity contribution in [2.24, 2.45) is 5.41 Å². The molecule has 2 aliphatic rings. The summed E-state index contributed by atoms with van der Waals surface area (Å²) in [5.74, 6) is 0. The van der Waals surface area contributed by atoms with E-state index in [1.54, 1.807) is 11.0 Å². The van der Waals surface area contributed by atoms with E-state index < -0.39 is 17.3 Å². The van der Waals surface area contributed by atoms with Crippen molar-refractivity contribution in [2.75, 3.05) is 13.1 Å². The van der Waals surface area contributed by atoms with E-state index in [4.69, 9.17) is 9.47 Å². The van der Waals surface area contributed by atoms with E-state index >= 15 is 0 Å². The van der Waals surface area contributed by atoms with E-state index in [9.17, 15) is 18.0 Å². The number of carbonyl (C=O) groups is 1. The van der Waals surface area contributed by atoms with Gasteiger partial charge < -0.3 is 14.4 Å². The van der Waals surface area contributed by atoms with Gasteiger partial charge in [-0.15, -0.1) is 0 Å². The molecule has 0 bridgehead atoms. The number of carbonyl (C=O) groups excluding carboxylic acids is 1. The van der Waals surface area contributed by atoms with Crippen LogP contribution in [-0.4, -0.2) is 35.8 Å². The molecule has 0 atom stereocenters. The molecule has 1 saturated heterocycles. The van der Waals surface area contributed by atoms with Crippen LogP contribution in [0.25, 0.3) is 0 Å². The molecule has 7 heteroatoms. The van der Waals surface area contributed by atoms with Crippen LogP contribution in [0.4, 0.5) is 18.0 Å². The number of ether oxygens (including phenoxy) is 2. The fourth-order valence-electron chi connectivity index (χ4n) is 3.78. The first-order chi connectivity index (χ1) is 12.4. The van der Waals surface area contributed by atoms with Crippen LogP contribution in [0.15, 0.2) is 18.2 Å². The summed E-state index contributed by atoms with van der Waals surface area (Å²) in [6.45, 7) is 8.44. The molecule has 0 N–H and O–H groups in total. The Morgan fingerprint density at radius 3 is 2.41 bits per heavy atom. The second-order valence-corrected chi connectivity index (χ2v) is 8.82. The normalized spacial score (nSPS) is 19.6. The number of rotatable bonds is 3. The van der Waals surface area contributed by atoms with Crippen molar-refractivity contribution in [1.82, 2.24) is 4.90 Å². The molecule has 1 aliphatic carbocycles. The number of hydrogen-bond acceptors (Lipinski definition) is 3. The molecule has 1 spiro atoms. The third-order valence-corrected chi connectivity index (χ3v) is 5.12. The highest BCUT2D eigenvalue weighted by atomic mass is 19.4. The maximum absolute atomic E-state index is 13.0. The lowest BCUT2D eigenvalue weighted by molar-refractivity contribution is -0.151. The molecule has 0 radical (unpaired) electrons. The van der Waals surface area contributed by atoms with Crippen molar-refractivity contribution in [1.29, 1.82) is 0 Å². The lowest BCUT2D eigenvalue weighted by Crippen LogP contribution is -2.65. The summed E-state index contributed by atoms with van der Waals surface area (Å²) in [4.78, 5) is 13.7. The van der Waals surface area contributed by atoms with Gasteiger partial charge in [0.25, 0.3) is 0 Å². The molecule has 1 aliphatic heterocycles. The molecule has 1 aromatic rings. The molecular formula is C20H26F3NO3. The standard InChI is InChI=1S/C20H26F3NO3/c1-13-5-6-14(7-16(13)20(21,22)23)10-26-15-8-19(9-15)11-24(12-19)17(25)27-18(2,3)4/h5-7,15H,8-12H2,1-4H3. The smallest absolute Gasteiger partial charge is 0.416 e. The molecule has 2 fully saturated rings. The summed E-state index contributed by atoms with van der Waals surface area (Å²) in [5, 5.41) is 0. The Kier molecular flexibility index (Phi) is 4.95. The lowest BCUT2D eigenvalue weighted by atomic mass is 9.62. The highest BCUT2D eigenvalue weighted by Gasteiger charge is 2.54. The minimum absolute atomic E-state index is 0.0291. The van der Waals surface area contributed by atoms with Gasteiger partial charge in [-0.1, -0.05) is 12.1 Å². The summed E-state index contributed by atoms with van der Waals surface area (Å²) in [6.07, 6.45) is -2.97. The first kappa shape index (κ1) is 20.0. The Bertz CT molecular complexity index is 710. The van der Waals surface area contributed by atoms with Crippen LogP contribution in [0.5, 0.6) is 0 Å². The molecule has 1 heterocycles. The van der Waals surface area contributed by atoms with Crippen LogP contribution in [0.2, 0.25) is 0 Å². The van der Waals surface area contributed by atoms with Crippen molar-refractivity contribution in [3.05, 3.63) is 34.9 Å². The van der Waals surface area contributed by atoms with Crippen LogP contribution < -0.4 is 0 Å². The van der Waals surface area contributed by atoms with Crippen LogP contribution in [0.3, 0.4) is 0 Å². The van der Waals surface area contributed by atoms with Crippen molar-refractivity contribution < 1.29 is 27.4 Å². The Balaban J connectivity index is 1.44.